The fourth-order valence-corrected chi connectivity index (χ4v) is 4.58. The van der Waals surface area contributed by atoms with Gasteiger partial charge >= 0.3 is 17.9 Å². The van der Waals surface area contributed by atoms with E-state index in [0.29, 0.717) is 18.4 Å². The molecule has 0 amide bonds. The summed E-state index contributed by atoms with van der Waals surface area (Å²) in [6.45, 7) is 8.06. The second-order valence-corrected chi connectivity index (χ2v) is 7.42. The van der Waals surface area contributed by atoms with Crippen molar-refractivity contribution in [3.63, 3.8) is 0 Å². The summed E-state index contributed by atoms with van der Waals surface area (Å²) in [5.41, 5.74) is 0.584. The Bertz CT molecular complexity index is 643. The monoisotopic (exact) mass is 350 g/mol. The van der Waals surface area contributed by atoms with Crippen LogP contribution in [0.4, 0.5) is 0 Å². The average molecular weight is 350 g/mol. The number of carbonyl (C=O) groups excluding carboxylic acids is 3. The number of ether oxygens (including phenoxy) is 3. The summed E-state index contributed by atoms with van der Waals surface area (Å²) in [4.78, 5) is 37.2. The van der Waals surface area contributed by atoms with E-state index in [2.05, 4.69) is 6.58 Å². The van der Waals surface area contributed by atoms with Crippen LogP contribution in [-0.2, 0) is 28.6 Å². The molecule has 1 saturated carbocycles. The zero-order valence-corrected chi connectivity index (χ0v) is 15.6. The lowest BCUT2D eigenvalue weighted by molar-refractivity contribution is -0.169. The van der Waals surface area contributed by atoms with Crippen LogP contribution in [0.1, 0.15) is 39.5 Å². The highest BCUT2D eigenvalue weighted by Crippen LogP contribution is 2.61. The molecule has 2 aliphatic rings. The first-order valence-electron chi connectivity index (χ1n) is 8.26. The zero-order valence-electron chi connectivity index (χ0n) is 15.6. The maximum atomic E-state index is 12.5. The molecule has 6 nitrogen and oxygen atoms in total. The number of hydrogen-bond acceptors (Lipinski definition) is 6. The van der Waals surface area contributed by atoms with E-state index < -0.39 is 22.8 Å². The van der Waals surface area contributed by atoms with E-state index in [0.717, 1.165) is 11.1 Å². The maximum absolute atomic E-state index is 12.5. The first-order valence-corrected chi connectivity index (χ1v) is 8.26. The molecule has 0 aromatic carbocycles. The number of methoxy groups -OCH3 is 3. The van der Waals surface area contributed by atoms with E-state index in [1.54, 1.807) is 0 Å². The van der Waals surface area contributed by atoms with Crippen molar-refractivity contribution < 1.29 is 28.6 Å². The fourth-order valence-electron chi connectivity index (χ4n) is 4.58. The van der Waals surface area contributed by atoms with Gasteiger partial charge in [0, 0.05) is 5.57 Å². The minimum absolute atomic E-state index is 0.0946. The van der Waals surface area contributed by atoms with Crippen LogP contribution >= 0.6 is 0 Å². The molecule has 25 heavy (non-hydrogen) atoms. The second-order valence-electron chi connectivity index (χ2n) is 7.42. The summed E-state index contributed by atoms with van der Waals surface area (Å²) < 4.78 is 14.8. The lowest BCUT2D eigenvalue weighted by atomic mass is 9.73. The molecular formula is C19H26O6. The van der Waals surface area contributed by atoms with Crippen LogP contribution in [0.2, 0.25) is 0 Å². The maximum Gasteiger partial charge on any atom is 0.333 e. The number of hydrogen-bond donors (Lipinski definition) is 0. The normalized spacial score (nSPS) is 28.0. The molecule has 0 bridgehead atoms. The molecule has 2 aliphatic carbocycles. The number of esters is 3. The van der Waals surface area contributed by atoms with Crippen LogP contribution in [-0.4, -0.2) is 39.2 Å². The van der Waals surface area contributed by atoms with Gasteiger partial charge in [-0.05, 0) is 43.9 Å². The van der Waals surface area contributed by atoms with Gasteiger partial charge in [0.15, 0.2) is 5.41 Å². The van der Waals surface area contributed by atoms with Gasteiger partial charge in [0.1, 0.15) is 0 Å². The molecule has 138 valence electrons. The molecule has 0 aromatic heterocycles. The molecule has 2 rings (SSSR count). The van der Waals surface area contributed by atoms with Crippen molar-refractivity contribution in [2.75, 3.05) is 21.3 Å². The van der Waals surface area contributed by atoms with Crippen molar-refractivity contribution in [1.29, 1.82) is 0 Å². The van der Waals surface area contributed by atoms with Crippen molar-refractivity contribution in [1.82, 2.24) is 0 Å². The molecule has 0 aliphatic heterocycles. The summed E-state index contributed by atoms with van der Waals surface area (Å²) in [6.07, 6.45) is 1.49. The Morgan fingerprint density at radius 3 is 2.12 bits per heavy atom. The third-order valence-corrected chi connectivity index (χ3v) is 5.76. The van der Waals surface area contributed by atoms with E-state index in [9.17, 15) is 14.4 Å². The molecule has 0 N–H and O–H groups in total. The van der Waals surface area contributed by atoms with E-state index in [1.165, 1.54) is 21.3 Å². The van der Waals surface area contributed by atoms with Crippen LogP contribution < -0.4 is 0 Å². The number of rotatable bonds is 3. The molecule has 0 spiro atoms. The van der Waals surface area contributed by atoms with Crippen molar-refractivity contribution in [2.24, 2.45) is 16.7 Å². The summed E-state index contributed by atoms with van der Waals surface area (Å²) in [6, 6.07) is 0. The van der Waals surface area contributed by atoms with Gasteiger partial charge < -0.3 is 14.2 Å². The van der Waals surface area contributed by atoms with Gasteiger partial charge in [-0.25, -0.2) is 4.79 Å². The molecule has 0 radical (unpaired) electrons. The third-order valence-electron chi connectivity index (χ3n) is 5.76. The topological polar surface area (TPSA) is 78.9 Å². The van der Waals surface area contributed by atoms with Gasteiger partial charge in [-0.15, -0.1) is 0 Å². The smallest absolute Gasteiger partial charge is 0.333 e. The van der Waals surface area contributed by atoms with Crippen LogP contribution in [0.5, 0.6) is 0 Å². The largest absolute Gasteiger partial charge is 0.468 e. The second kappa shape index (κ2) is 6.65. The molecule has 6 heteroatoms. The highest BCUT2D eigenvalue weighted by atomic mass is 16.5. The minimum atomic E-state index is -1.36. The van der Waals surface area contributed by atoms with Crippen molar-refractivity contribution >= 4 is 17.9 Å². The lowest BCUT2D eigenvalue weighted by Gasteiger charge is -2.31. The quantitative estimate of drug-likeness (QED) is 0.337. The summed E-state index contributed by atoms with van der Waals surface area (Å²) in [7, 11) is 3.88. The van der Waals surface area contributed by atoms with Gasteiger partial charge in [0.25, 0.3) is 0 Å². The fraction of sp³-hybridized carbons (Fsp3) is 0.632. The standard InChI is InChI=1S/C19H26O6/c1-11-7-12(2)14-9-19(16(21)24-5,17(22)25-6)10-18(14,3)8-13(11)15(20)23-4/h14H,2,7-10H2,1,3-6H3. The summed E-state index contributed by atoms with van der Waals surface area (Å²) in [5, 5.41) is 0. The van der Waals surface area contributed by atoms with Gasteiger partial charge in [0.05, 0.1) is 21.3 Å². The molecular weight excluding hydrogens is 324 g/mol. The average Bonchev–Trinajstić information content (AvgIpc) is 2.88. The molecule has 0 saturated heterocycles. The Labute approximate surface area is 148 Å². The van der Waals surface area contributed by atoms with Gasteiger partial charge in [0.2, 0.25) is 0 Å². The van der Waals surface area contributed by atoms with Crippen molar-refractivity contribution in [3.05, 3.63) is 23.3 Å². The highest BCUT2D eigenvalue weighted by molar-refractivity contribution is 6.00. The minimum Gasteiger partial charge on any atom is -0.468 e. The lowest BCUT2D eigenvalue weighted by Crippen LogP contribution is -2.40. The van der Waals surface area contributed by atoms with Crippen LogP contribution in [0.25, 0.3) is 0 Å². The highest BCUT2D eigenvalue weighted by Gasteiger charge is 2.62. The van der Waals surface area contributed by atoms with Crippen LogP contribution in [0.3, 0.4) is 0 Å². The predicted octanol–water partition coefficient (Wildman–Crippen LogP) is 2.57. The Morgan fingerprint density at radius 2 is 1.64 bits per heavy atom. The first-order chi connectivity index (χ1) is 11.6. The number of fused-ring (bicyclic) bond motifs is 1. The van der Waals surface area contributed by atoms with Crippen molar-refractivity contribution in [2.45, 2.75) is 39.5 Å². The molecule has 2 unspecified atom stereocenters. The molecule has 1 fully saturated rings. The number of carbonyl (C=O) groups is 3. The van der Waals surface area contributed by atoms with E-state index in [4.69, 9.17) is 14.2 Å². The van der Waals surface area contributed by atoms with Crippen molar-refractivity contribution in [3.8, 4) is 0 Å². The Kier molecular flexibility index (Phi) is 5.11. The Morgan fingerprint density at radius 1 is 1.08 bits per heavy atom. The van der Waals surface area contributed by atoms with E-state index >= 15 is 0 Å². The van der Waals surface area contributed by atoms with Crippen LogP contribution in [0, 0.1) is 16.7 Å². The van der Waals surface area contributed by atoms with Gasteiger partial charge in [-0.2, -0.15) is 0 Å². The SMILES string of the molecule is C=C1CC(C)=C(C(=O)OC)CC2(C)CC(C(=O)OC)(C(=O)OC)CC12. The molecule has 2 atom stereocenters. The van der Waals surface area contributed by atoms with E-state index in [-0.39, 0.29) is 24.7 Å². The Balaban J connectivity index is 2.52. The Hall–Kier alpha value is -2.11. The molecule has 0 aromatic rings. The number of allylic oxidation sites excluding steroid dienone is 2. The van der Waals surface area contributed by atoms with E-state index in [1.807, 2.05) is 13.8 Å². The molecule has 0 heterocycles. The third kappa shape index (κ3) is 2.98. The first kappa shape index (κ1) is 19.2. The van der Waals surface area contributed by atoms with Gasteiger partial charge in [-0.3, -0.25) is 9.59 Å². The van der Waals surface area contributed by atoms with Crippen LogP contribution in [0.15, 0.2) is 23.3 Å². The zero-order chi connectivity index (χ0) is 19.0. The van der Waals surface area contributed by atoms with Gasteiger partial charge in [-0.1, -0.05) is 24.6 Å². The summed E-state index contributed by atoms with van der Waals surface area (Å²) in [5.74, 6) is -1.66. The predicted molar refractivity (Wildman–Crippen MR) is 90.4 cm³/mol. The summed E-state index contributed by atoms with van der Waals surface area (Å²) >= 11 is 0.